The second kappa shape index (κ2) is 9.30. The van der Waals surface area contributed by atoms with E-state index in [0.29, 0.717) is 17.9 Å². The van der Waals surface area contributed by atoms with E-state index in [0.717, 1.165) is 62.1 Å². The summed E-state index contributed by atoms with van der Waals surface area (Å²) in [6.45, 7) is 7.29. The highest BCUT2D eigenvalue weighted by Gasteiger charge is 2.37. The van der Waals surface area contributed by atoms with E-state index >= 15 is 0 Å². The van der Waals surface area contributed by atoms with Gasteiger partial charge < -0.3 is 14.7 Å². The molecule has 4 rings (SSSR count). The molecule has 2 aromatic heterocycles. The van der Waals surface area contributed by atoms with Crippen molar-refractivity contribution < 1.29 is 4.79 Å². The Balaban J connectivity index is 1.62. The summed E-state index contributed by atoms with van der Waals surface area (Å²) in [5.41, 5.74) is 2.99. The van der Waals surface area contributed by atoms with Crippen molar-refractivity contribution in [1.29, 1.82) is 0 Å². The fourth-order valence-corrected chi connectivity index (χ4v) is 4.82. The van der Waals surface area contributed by atoms with Crippen molar-refractivity contribution in [3.05, 3.63) is 36.4 Å². The molecule has 2 aliphatic heterocycles. The third-order valence-electron chi connectivity index (χ3n) is 6.66. The molecular weight excluding hydrogens is 388 g/mol. The summed E-state index contributed by atoms with van der Waals surface area (Å²) in [4.78, 5) is 33.7. The number of likely N-dealkylation sites (tertiary alicyclic amines) is 2. The Bertz CT molecular complexity index is 892. The average molecular weight is 423 g/mol. The van der Waals surface area contributed by atoms with Crippen molar-refractivity contribution in [3.63, 3.8) is 0 Å². The van der Waals surface area contributed by atoms with Crippen molar-refractivity contribution in [2.45, 2.75) is 51.6 Å². The normalized spacial score (nSPS) is 20.4. The van der Waals surface area contributed by atoms with Crippen LogP contribution in [-0.2, 0) is 4.79 Å². The molecule has 0 radical (unpaired) electrons. The predicted molar refractivity (Wildman–Crippen MR) is 123 cm³/mol. The number of anilines is 1. The second-order valence-corrected chi connectivity index (χ2v) is 9.19. The van der Waals surface area contributed by atoms with Gasteiger partial charge >= 0.3 is 0 Å². The van der Waals surface area contributed by atoms with Crippen LogP contribution >= 0.6 is 0 Å². The highest BCUT2D eigenvalue weighted by atomic mass is 16.2. The van der Waals surface area contributed by atoms with Gasteiger partial charge in [-0.05, 0) is 70.3 Å². The quantitative estimate of drug-likeness (QED) is 0.736. The molecule has 2 aliphatic rings. The van der Waals surface area contributed by atoms with E-state index in [1.807, 2.05) is 37.3 Å². The van der Waals surface area contributed by atoms with Crippen LogP contribution in [0.4, 0.5) is 5.95 Å². The Kier molecular flexibility index (Phi) is 6.51. The minimum atomic E-state index is 0.000457. The van der Waals surface area contributed by atoms with Crippen LogP contribution in [0.25, 0.3) is 11.1 Å². The maximum atomic E-state index is 13.6. The van der Waals surface area contributed by atoms with Crippen LogP contribution in [0.2, 0.25) is 0 Å². The summed E-state index contributed by atoms with van der Waals surface area (Å²) < 4.78 is 0. The smallest absolute Gasteiger partial charge is 0.226 e. The third kappa shape index (κ3) is 4.56. The maximum absolute atomic E-state index is 13.6. The third-order valence-corrected chi connectivity index (χ3v) is 6.66. The lowest BCUT2D eigenvalue weighted by molar-refractivity contribution is -0.138. The largest absolute Gasteiger partial charge is 0.347 e. The lowest BCUT2D eigenvalue weighted by atomic mass is 9.93. The Morgan fingerprint density at radius 3 is 2.45 bits per heavy atom. The highest BCUT2D eigenvalue weighted by Crippen LogP contribution is 2.38. The number of nitrogens with zero attached hydrogens (tertiary/aromatic N) is 6. The van der Waals surface area contributed by atoms with Crippen LogP contribution < -0.4 is 4.90 Å². The van der Waals surface area contributed by atoms with Crippen molar-refractivity contribution in [2.75, 3.05) is 38.6 Å². The van der Waals surface area contributed by atoms with Crippen molar-refractivity contribution >= 4 is 11.9 Å². The maximum Gasteiger partial charge on any atom is 0.226 e. The molecule has 7 heteroatoms. The lowest BCUT2D eigenvalue weighted by Gasteiger charge is -2.36. The van der Waals surface area contributed by atoms with Crippen LogP contribution in [-0.4, -0.2) is 70.4 Å². The first-order chi connectivity index (χ1) is 15.0. The summed E-state index contributed by atoms with van der Waals surface area (Å²) >= 11 is 0. The fraction of sp³-hybridized carbons (Fsp3) is 0.583. The molecule has 4 heterocycles. The van der Waals surface area contributed by atoms with Crippen molar-refractivity contribution in [3.8, 4) is 11.1 Å². The molecule has 2 fully saturated rings. The van der Waals surface area contributed by atoms with E-state index in [1.165, 1.54) is 0 Å². The SMILES string of the molecule is CC(C)N1CCC(C(=O)N2CCC[C@H]2c2nc(N(C)C)ncc2-c2ccncc2)CC1. The Morgan fingerprint density at radius 2 is 1.81 bits per heavy atom. The molecular formula is C24H34N6O. The Hall–Kier alpha value is -2.54. The molecule has 0 N–H and O–H groups in total. The monoisotopic (exact) mass is 422 g/mol. The molecule has 2 saturated heterocycles. The molecule has 1 atom stereocenters. The number of hydrogen-bond donors (Lipinski definition) is 0. The molecule has 7 nitrogen and oxygen atoms in total. The van der Waals surface area contributed by atoms with Gasteiger partial charge in [-0.1, -0.05) is 0 Å². The number of pyridine rings is 1. The van der Waals surface area contributed by atoms with Gasteiger partial charge in [0.1, 0.15) is 0 Å². The standard InChI is InChI=1S/C24H34N6O/c1-17(2)29-14-9-19(10-15-29)23(31)30-13-5-6-21(30)22-20(18-7-11-25-12-8-18)16-26-24(27-22)28(3)4/h7-8,11-12,16-17,19,21H,5-6,9-10,13-15H2,1-4H3/t21-/m0/s1. The van der Waals surface area contributed by atoms with Gasteiger partial charge in [0.05, 0.1) is 11.7 Å². The molecule has 166 valence electrons. The first-order valence-corrected chi connectivity index (χ1v) is 11.4. The van der Waals surface area contributed by atoms with Gasteiger partial charge in [0.2, 0.25) is 11.9 Å². The molecule has 0 aromatic carbocycles. The number of hydrogen-bond acceptors (Lipinski definition) is 6. The summed E-state index contributed by atoms with van der Waals surface area (Å²) in [5.74, 6) is 1.10. The molecule has 2 aromatic rings. The minimum absolute atomic E-state index is 0.000457. The zero-order chi connectivity index (χ0) is 22.0. The van der Waals surface area contributed by atoms with Gasteiger partial charge in [-0.15, -0.1) is 0 Å². The highest BCUT2D eigenvalue weighted by molar-refractivity contribution is 5.80. The number of carbonyl (C=O) groups excluding carboxylic acids is 1. The van der Waals surface area contributed by atoms with E-state index in [4.69, 9.17) is 4.98 Å². The molecule has 0 aliphatic carbocycles. The lowest BCUT2D eigenvalue weighted by Crippen LogP contribution is -2.44. The average Bonchev–Trinajstić information content (AvgIpc) is 3.28. The number of amides is 1. The summed E-state index contributed by atoms with van der Waals surface area (Å²) in [6, 6.07) is 4.52. The number of aromatic nitrogens is 3. The number of carbonyl (C=O) groups is 1. The second-order valence-electron chi connectivity index (χ2n) is 9.19. The molecule has 0 spiro atoms. The Morgan fingerprint density at radius 1 is 1.10 bits per heavy atom. The van der Waals surface area contributed by atoms with Gasteiger partial charge in [0.25, 0.3) is 0 Å². The van der Waals surface area contributed by atoms with Crippen LogP contribution in [0, 0.1) is 5.92 Å². The van der Waals surface area contributed by atoms with Crippen LogP contribution in [0.15, 0.2) is 30.7 Å². The molecule has 1 amide bonds. The zero-order valence-electron chi connectivity index (χ0n) is 19.2. The molecule has 31 heavy (non-hydrogen) atoms. The minimum Gasteiger partial charge on any atom is -0.347 e. The molecule has 0 unspecified atom stereocenters. The van der Waals surface area contributed by atoms with Gasteiger partial charge in [-0.2, -0.15) is 0 Å². The summed E-state index contributed by atoms with van der Waals surface area (Å²) in [6.07, 6.45) is 9.33. The first kappa shape index (κ1) is 21.7. The van der Waals surface area contributed by atoms with Gasteiger partial charge in [-0.3, -0.25) is 9.78 Å². The fourth-order valence-electron chi connectivity index (χ4n) is 4.82. The van der Waals surface area contributed by atoms with E-state index in [2.05, 4.69) is 33.6 Å². The van der Waals surface area contributed by atoms with Gasteiger partial charge in [0, 0.05) is 56.8 Å². The number of piperidine rings is 1. The topological polar surface area (TPSA) is 65.5 Å². The van der Waals surface area contributed by atoms with E-state index in [-0.39, 0.29) is 12.0 Å². The van der Waals surface area contributed by atoms with Crippen LogP contribution in [0.3, 0.4) is 0 Å². The van der Waals surface area contributed by atoms with Crippen molar-refractivity contribution in [2.24, 2.45) is 5.92 Å². The molecule has 0 bridgehead atoms. The predicted octanol–water partition coefficient (Wildman–Crippen LogP) is 3.39. The van der Waals surface area contributed by atoms with E-state index in [9.17, 15) is 4.79 Å². The summed E-state index contributed by atoms with van der Waals surface area (Å²) in [5, 5.41) is 0. The first-order valence-electron chi connectivity index (χ1n) is 11.4. The molecule has 0 saturated carbocycles. The zero-order valence-corrected chi connectivity index (χ0v) is 19.2. The van der Waals surface area contributed by atoms with Gasteiger partial charge in [-0.25, -0.2) is 9.97 Å². The van der Waals surface area contributed by atoms with E-state index in [1.54, 1.807) is 12.4 Å². The van der Waals surface area contributed by atoms with E-state index < -0.39 is 0 Å². The summed E-state index contributed by atoms with van der Waals surface area (Å²) in [7, 11) is 3.90. The van der Waals surface area contributed by atoms with Gasteiger partial charge in [0.15, 0.2) is 0 Å². The Labute approximate surface area is 185 Å². The van der Waals surface area contributed by atoms with Crippen molar-refractivity contribution in [1.82, 2.24) is 24.8 Å². The van der Waals surface area contributed by atoms with Crippen LogP contribution in [0.1, 0.15) is 51.3 Å². The van der Waals surface area contributed by atoms with Crippen LogP contribution in [0.5, 0.6) is 0 Å². The number of rotatable bonds is 5.